The van der Waals surface area contributed by atoms with Crippen LogP contribution in [0.25, 0.3) is 0 Å². The zero-order valence-electron chi connectivity index (χ0n) is 14.6. The van der Waals surface area contributed by atoms with Crippen LogP contribution in [0.3, 0.4) is 0 Å². The molecule has 0 heterocycles. The molecule has 0 saturated carbocycles. The van der Waals surface area contributed by atoms with E-state index >= 15 is 0 Å². The fourth-order valence-electron chi connectivity index (χ4n) is 2.59. The van der Waals surface area contributed by atoms with E-state index in [0.717, 1.165) is 11.1 Å². The van der Waals surface area contributed by atoms with Crippen molar-refractivity contribution in [2.24, 2.45) is 0 Å². The predicted molar refractivity (Wildman–Crippen MR) is 94.3 cm³/mol. The van der Waals surface area contributed by atoms with Gasteiger partial charge in [-0.05, 0) is 37.6 Å². The average molecular weight is 325 g/mol. The molecule has 0 radical (unpaired) electrons. The van der Waals surface area contributed by atoms with Crippen molar-refractivity contribution in [3.8, 4) is 5.75 Å². The molecule has 2 aromatic rings. The summed E-state index contributed by atoms with van der Waals surface area (Å²) in [5, 5.41) is 0. The monoisotopic (exact) mass is 325 g/mol. The van der Waals surface area contributed by atoms with E-state index in [2.05, 4.69) is 0 Å². The normalized spacial score (nSPS) is 11.7. The van der Waals surface area contributed by atoms with E-state index in [9.17, 15) is 9.59 Å². The fraction of sp³-hybridized carbons (Fsp3) is 0.300. The number of methoxy groups -OCH3 is 1. The van der Waals surface area contributed by atoms with Gasteiger partial charge in [0.2, 0.25) is 5.91 Å². The summed E-state index contributed by atoms with van der Waals surface area (Å²) < 4.78 is 5.32. The minimum Gasteiger partial charge on any atom is -0.496 e. The number of carbonyl (C=O) groups excluding carboxylic acids is 2. The lowest BCUT2D eigenvalue weighted by Gasteiger charge is -2.26. The first-order valence-corrected chi connectivity index (χ1v) is 7.92. The molecule has 1 amide bonds. The van der Waals surface area contributed by atoms with Crippen LogP contribution in [0.5, 0.6) is 5.75 Å². The Balaban J connectivity index is 2.19. The molecule has 2 rings (SSSR count). The highest BCUT2D eigenvalue weighted by Gasteiger charge is 2.19. The molecule has 0 bridgehead atoms. The molecule has 4 nitrogen and oxygen atoms in total. The minimum absolute atomic E-state index is 0.0228. The summed E-state index contributed by atoms with van der Waals surface area (Å²) in [5.74, 6) is 0.567. The van der Waals surface area contributed by atoms with Gasteiger partial charge in [-0.3, -0.25) is 9.59 Å². The van der Waals surface area contributed by atoms with Crippen molar-refractivity contribution in [1.29, 1.82) is 0 Å². The molecule has 0 saturated heterocycles. The summed E-state index contributed by atoms with van der Waals surface area (Å²) >= 11 is 0. The van der Waals surface area contributed by atoms with Gasteiger partial charge in [0.1, 0.15) is 5.75 Å². The highest BCUT2D eigenvalue weighted by molar-refractivity contribution is 5.94. The molecular weight excluding hydrogens is 302 g/mol. The van der Waals surface area contributed by atoms with Gasteiger partial charge in [-0.2, -0.15) is 0 Å². The van der Waals surface area contributed by atoms with E-state index in [1.165, 1.54) is 6.92 Å². The third kappa shape index (κ3) is 4.02. The number of ketones is 1. The SMILES string of the molecule is COc1ccc(C(C)=O)cc1CC(=O)N(C)C(C)c1ccccc1. The number of hydrogen-bond donors (Lipinski definition) is 0. The minimum atomic E-state index is -0.0302. The molecule has 0 aliphatic rings. The number of likely N-dealkylation sites (N-methyl/N-ethyl adjacent to an activating group) is 1. The van der Waals surface area contributed by atoms with Crippen LogP contribution in [0.15, 0.2) is 48.5 Å². The van der Waals surface area contributed by atoms with Crippen LogP contribution in [-0.4, -0.2) is 30.7 Å². The number of carbonyl (C=O) groups is 2. The fourth-order valence-corrected chi connectivity index (χ4v) is 2.59. The van der Waals surface area contributed by atoms with Gasteiger partial charge >= 0.3 is 0 Å². The van der Waals surface area contributed by atoms with E-state index in [1.54, 1.807) is 37.3 Å². The average Bonchev–Trinajstić information content (AvgIpc) is 2.60. The number of amides is 1. The van der Waals surface area contributed by atoms with Gasteiger partial charge in [0.05, 0.1) is 19.6 Å². The molecule has 1 atom stereocenters. The summed E-state index contributed by atoms with van der Waals surface area (Å²) in [6, 6.07) is 15.0. The second-order valence-corrected chi connectivity index (χ2v) is 5.85. The van der Waals surface area contributed by atoms with Crippen molar-refractivity contribution in [2.75, 3.05) is 14.2 Å². The first kappa shape index (κ1) is 17.7. The summed E-state index contributed by atoms with van der Waals surface area (Å²) in [7, 11) is 3.36. The molecule has 1 unspecified atom stereocenters. The number of nitrogens with zero attached hydrogens (tertiary/aromatic N) is 1. The van der Waals surface area contributed by atoms with Crippen LogP contribution in [-0.2, 0) is 11.2 Å². The van der Waals surface area contributed by atoms with Crippen molar-refractivity contribution >= 4 is 11.7 Å². The van der Waals surface area contributed by atoms with Crippen LogP contribution >= 0.6 is 0 Å². The van der Waals surface area contributed by atoms with Crippen LogP contribution in [0.2, 0.25) is 0 Å². The zero-order chi connectivity index (χ0) is 17.7. The van der Waals surface area contributed by atoms with E-state index in [4.69, 9.17) is 4.74 Å². The number of rotatable bonds is 6. The van der Waals surface area contributed by atoms with Crippen molar-refractivity contribution in [2.45, 2.75) is 26.3 Å². The number of benzene rings is 2. The topological polar surface area (TPSA) is 46.6 Å². The summed E-state index contributed by atoms with van der Waals surface area (Å²) in [6.07, 6.45) is 0.192. The van der Waals surface area contributed by atoms with Gasteiger partial charge in [-0.1, -0.05) is 30.3 Å². The standard InChI is InChI=1S/C20H23NO3/c1-14(16-8-6-5-7-9-16)21(3)20(23)13-18-12-17(15(2)22)10-11-19(18)24-4/h5-12,14H,13H2,1-4H3. The second-order valence-electron chi connectivity index (χ2n) is 5.85. The molecule has 4 heteroatoms. The first-order chi connectivity index (χ1) is 11.4. The van der Waals surface area contributed by atoms with Gasteiger partial charge in [-0.15, -0.1) is 0 Å². The van der Waals surface area contributed by atoms with E-state index in [0.29, 0.717) is 11.3 Å². The Morgan fingerprint density at radius 1 is 1.12 bits per heavy atom. The number of Topliss-reactive ketones (excluding diaryl/α,β-unsaturated/α-hetero) is 1. The van der Waals surface area contributed by atoms with Crippen LogP contribution in [0.4, 0.5) is 0 Å². The Bertz CT molecular complexity index is 725. The van der Waals surface area contributed by atoms with E-state index in [1.807, 2.05) is 37.3 Å². The first-order valence-electron chi connectivity index (χ1n) is 7.92. The molecule has 0 aromatic heterocycles. The van der Waals surface area contributed by atoms with Gasteiger partial charge in [0.15, 0.2) is 5.78 Å². The summed E-state index contributed by atoms with van der Waals surface area (Å²) in [5.41, 5.74) is 2.39. The Hall–Kier alpha value is -2.62. The largest absolute Gasteiger partial charge is 0.496 e. The molecular formula is C20H23NO3. The van der Waals surface area contributed by atoms with E-state index in [-0.39, 0.29) is 24.2 Å². The third-order valence-electron chi connectivity index (χ3n) is 4.28. The van der Waals surface area contributed by atoms with Gasteiger partial charge < -0.3 is 9.64 Å². The third-order valence-corrected chi connectivity index (χ3v) is 4.28. The molecule has 24 heavy (non-hydrogen) atoms. The molecule has 126 valence electrons. The molecule has 0 N–H and O–H groups in total. The van der Waals surface area contributed by atoms with Crippen LogP contribution in [0, 0.1) is 0 Å². The number of ether oxygens (including phenoxy) is 1. The lowest BCUT2D eigenvalue weighted by atomic mass is 10.0. The van der Waals surface area contributed by atoms with Gasteiger partial charge in [-0.25, -0.2) is 0 Å². The zero-order valence-corrected chi connectivity index (χ0v) is 14.6. The summed E-state index contributed by atoms with van der Waals surface area (Å²) in [4.78, 5) is 26.0. The maximum absolute atomic E-state index is 12.7. The van der Waals surface area contributed by atoms with Crippen molar-refractivity contribution in [3.63, 3.8) is 0 Å². The van der Waals surface area contributed by atoms with Crippen molar-refractivity contribution in [1.82, 2.24) is 4.90 Å². The Morgan fingerprint density at radius 2 is 1.79 bits per heavy atom. The lowest BCUT2D eigenvalue weighted by Crippen LogP contribution is -2.31. The van der Waals surface area contributed by atoms with Crippen LogP contribution in [0.1, 0.15) is 41.4 Å². The molecule has 2 aromatic carbocycles. The van der Waals surface area contributed by atoms with Gasteiger partial charge in [0, 0.05) is 18.2 Å². The molecule has 0 aliphatic carbocycles. The maximum Gasteiger partial charge on any atom is 0.227 e. The lowest BCUT2D eigenvalue weighted by molar-refractivity contribution is -0.131. The smallest absolute Gasteiger partial charge is 0.227 e. The Kier molecular flexibility index (Phi) is 5.74. The van der Waals surface area contributed by atoms with E-state index < -0.39 is 0 Å². The van der Waals surface area contributed by atoms with Gasteiger partial charge in [0.25, 0.3) is 0 Å². The van der Waals surface area contributed by atoms with Crippen molar-refractivity contribution < 1.29 is 14.3 Å². The molecule has 0 spiro atoms. The number of hydrogen-bond acceptors (Lipinski definition) is 3. The highest BCUT2D eigenvalue weighted by Crippen LogP contribution is 2.24. The highest BCUT2D eigenvalue weighted by atomic mass is 16.5. The molecule has 0 aliphatic heterocycles. The second kappa shape index (κ2) is 7.77. The molecule has 0 fully saturated rings. The van der Waals surface area contributed by atoms with Crippen LogP contribution < -0.4 is 4.74 Å². The maximum atomic E-state index is 12.7. The Labute approximate surface area is 143 Å². The quantitative estimate of drug-likeness (QED) is 0.762. The van der Waals surface area contributed by atoms with Crippen molar-refractivity contribution in [3.05, 3.63) is 65.2 Å². The Morgan fingerprint density at radius 3 is 2.38 bits per heavy atom. The predicted octanol–water partition coefficient (Wildman–Crippen LogP) is 3.66. The summed E-state index contributed by atoms with van der Waals surface area (Å²) in [6.45, 7) is 3.51.